The molecule has 1 aromatic carbocycles. The van der Waals surface area contributed by atoms with E-state index in [-0.39, 0.29) is 47.8 Å². The fourth-order valence-electron chi connectivity index (χ4n) is 5.26. The van der Waals surface area contributed by atoms with Crippen LogP contribution in [0.1, 0.15) is 85.6 Å². The Kier molecular flexibility index (Phi) is 5.65. The fraction of sp³-hybridized carbons (Fsp3) is 0.565. The van der Waals surface area contributed by atoms with E-state index in [9.17, 15) is 19.2 Å². The molecule has 0 radical (unpaired) electrons. The Bertz CT molecular complexity index is 872. The number of benzene rings is 1. The van der Waals surface area contributed by atoms with Gasteiger partial charge in [-0.2, -0.15) is 0 Å². The van der Waals surface area contributed by atoms with E-state index in [1.165, 1.54) is 6.92 Å². The first kappa shape index (κ1) is 21.2. The molecule has 1 saturated carbocycles. The summed E-state index contributed by atoms with van der Waals surface area (Å²) in [5.74, 6) is -1.57. The van der Waals surface area contributed by atoms with Gasteiger partial charge in [0.05, 0.1) is 19.4 Å². The second-order valence-electron chi connectivity index (χ2n) is 8.98. The zero-order chi connectivity index (χ0) is 21.4. The van der Waals surface area contributed by atoms with Crippen LogP contribution in [0, 0.1) is 11.3 Å². The van der Waals surface area contributed by atoms with Gasteiger partial charge >= 0.3 is 11.9 Å². The molecule has 156 valence electrons. The minimum atomic E-state index is -1.03. The summed E-state index contributed by atoms with van der Waals surface area (Å²) in [6.07, 6.45) is 2.67. The number of aliphatic carboxylic acids is 1. The quantitative estimate of drug-likeness (QED) is 0.574. The lowest BCUT2D eigenvalue weighted by Gasteiger charge is -2.54. The van der Waals surface area contributed by atoms with Gasteiger partial charge in [-0.1, -0.05) is 32.4 Å². The zero-order valence-electron chi connectivity index (χ0n) is 17.2. The van der Waals surface area contributed by atoms with Crippen LogP contribution < -0.4 is 0 Å². The molecule has 3 rings (SSSR count). The molecule has 0 aromatic heterocycles. The molecule has 0 saturated heterocycles. The highest BCUT2D eigenvalue weighted by Crippen LogP contribution is 2.57. The monoisotopic (exact) mass is 400 g/mol. The Morgan fingerprint density at radius 2 is 1.90 bits per heavy atom. The van der Waals surface area contributed by atoms with Gasteiger partial charge in [0.15, 0.2) is 11.6 Å². The number of fused-ring (bicyclic) bond motifs is 3. The highest BCUT2D eigenvalue weighted by Gasteiger charge is 2.54. The third-order valence-electron chi connectivity index (χ3n) is 6.89. The van der Waals surface area contributed by atoms with Crippen molar-refractivity contribution >= 4 is 23.5 Å². The van der Waals surface area contributed by atoms with Gasteiger partial charge in [-0.3, -0.25) is 19.2 Å². The smallest absolute Gasteiger partial charge is 0.306 e. The van der Waals surface area contributed by atoms with Crippen LogP contribution in [0.5, 0.6) is 0 Å². The normalized spacial score (nSPS) is 28.2. The third-order valence-corrected chi connectivity index (χ3v) is 6.89. The predicted molar refractivity (Wildman–Crippen MR) is 106 cm³/mol. The highest BCUT2D eigenvalue weighted by atomic mass is 16.5. The van der Waals surface area contributed by atoms with Crippen molar-refractivity contribution in [1.82, 2.24) is 0 Å². The van der Waals surface area contributed by atoms with Crippen molar-refractivity contribution in [3.63, 3.8) is 0 Å². The molecule has 1 N–H and O–H groups in total. The number of carbonyl (C=O) groups excluding carboxylic acids is 3. The number of ether oxygens (including phenoxy) is 1. The summed E-state index contributed by atoms with van der Waals surface area (Å²) in [5, 5.41) is 8.73. The van der Waals surface area contributed by atoms with Crippen LogP contribution in [0.4, 0.5) is 0 Å². The number of rotatable bonds is 6. The Hall–Kier alpha value is -2.50. The molecule has 0 spiro atoms. The molecule has 0 unspecified atom stereocenters. The van der Waals surface area contributed by atoms with E-state index in [1.54, 1.807) is 12.1 Å². The number of hydrogen-bond donors (Lipinski definition) is 1. The van der Waals surface area contributed by atoms with Crippen molar-refractivity contribution < 1.29 is 29.0 Å². The van der Waals surface area contributed by atoms with Crippen molar-refractivity contribution in [2.45, 2.75) is 64.7 Å². The van der Waals surface area contributed by atoms with Gasteiger partial charge in [0, 0.05) is 23.0 Å². The lowest BCUT2D eigenvalue weighted by molar-refractivity contribution is -0.153. The van der Waals surface area contributed by atoms with Crippen molar-refractivity contribution in [2.24, 2.45) is 11.3 Å². The molecule has 0 heterocycles. The van der Waals surface area contributed by atoms with Crippen LogP contribution in [0.15, 0.2) is 18.2 Å². The lowest BCUT2D eigenvalue weighted by atomic mass is 9.50. The Balaban J connectivity index is 1.86. The minimum absolute atomic E-state index is 0.0131. The number of carbonyl (C=O) groups is 4. The van der Waals surface area contributed by atoms with Gasteiger partial charge < -0.3 is 9.84 Å². The average molecular weight is 400 g/mol. The van der Waals surface area contributed by atoms with Crippen LogP contribution in [-0.4, -0.2) is 35.2 Å². The lowest BCUT2D eigenvalue weighted by Crippen LogP contribution is -2.52. The van der Waals surface area contributed by atoms with Crippen LogP contribution in [-0.2, 0) is 19.7 Å². The van der Waals surface area contributed by atoms with Crippen LogP contribution in [0.2, 0.25) is 0 Å². The van der Waals surface area contributed by atoms with Crippen LogP contribution in [0.25, 0.3) is 0 Å². The molecule has 6 nitrogen and oxygen atoms in total. The zero-order valence-corrected chi connectivity index (χ0v) is 17.2. The van der Waals surface area contributed by atoms with E-state index < -0.39 is 11.9 Å². The number of carboxylic acids is 1. The second-order valence-corrected chi connectivity index (χ2v) is 8.98. The molecule has 29 heavy (non-hydrogen) atoms. The maximum Gasteiger partial charge on any atom is 0.306 e. The van der Waals surface area contributed by atoms with E-state index in [1.807, 2.05) is 6.07 Å². The Morgan fingerprint density at radius 1 is 1.17 bits per heavy atom. The number of carboxylic acid groups (broad SMARTS) is 1. The summed E-state index contributed by atoms with van der Waals surface area (Å²) in [6, 6.07) is 5.43. The largest absolute Gasteiger partial charge is 0.481 e. The van der Waals surface area contributed by atoms with Crippen molar-refractivity contribution in [1.29, 1.82) is 0 Å². The van der Waals surface area contributed by atoms with E-state index >= 15 is 0 Å². The maximum atomic E-state index is 13.0. The van der Waals surface area contributed by atoms with E-state index in [2.05, 4.69) is 13.8 Å². The molecule has 0 aliphatic heterocycles. The SMILES string of the molecule is CC(=O)c1ccc2c(c1)C(=O)C[C@H]1[C@](C)(COC(=O)CCC(=O)O)CCC[C@]21C. The van der Waals surface area contributed by atoms with Crippen molar-refractivity contribution in [3.8, 4) is 0 Å². The molecule has 0 amide bonds. The van der Waals surface area contributed by atoms with Gasteiger partial charge in [0.1, 0.15) is 0 Å². The summed E-state index contributed by atoms with van der Waals surface area (Å²) in [7, 11) is 0. The van der Waals surface area contributed by atoms with Gasteiger partial charge in [0.2, 0.25) is 0 Å². The minimum Gasteiger partial charge on any atom is -0.481 e. The molecule has 1 fully saturated rings. The average Bonchev–Trinajstić information content (AvgIpc) is 2.66. The standard InChI is InChI=1S/C23H28O6/c1-14(24)15-5-6-17-16(11-15)18(25)12-19-22(2,9-4-10-23(17,19)3)13-29-21(28)8-7-20(26)27/h5-6,11,19H,4,7-10,12-13H2,1-3H3,(H,26,27)/t19-,22-,23+/m0/s1. The van der Waals surface area contributed by atoms with Crippen LogP contribution >= 0.6 is 0 Å². The topological polar surface area (TPSA) is 97.7 Å². The summed E-state index contributed by atoms with van der Waals surface area (Å²) in [6.45, 7) is 5.90. The van der Waals surface area contributed by atoms with E-state index in [4.69, 9.17) is 9.84 Å². The summed E-state index contributed by atoms with van der Waals surface area (Å²) < 4.78 is 5.44. The van der Waals surface area contributed by atoms with Crippen molar-refractivity contribution in [3.05, 3.63) is 34.9 Å². The molecule has 0 bridgehead atoms. The second kappa shape index (κ2) is 7.73. The summed E-state index contributed by atoms with van der Waals surface area (Å²) >= 11 is 0. The molecule has 1 aromatic rings. The first-order valence-electron chi connectivity index (χ1n) is 10.1. The van der Waals surface area contributed by atoms with Gasteiger partial charge in [-0.15, -0.1) is 0 Å². The number of hydrogen-bond acceptors (Lipinski definition) is 5. The molecule has 2 aliphatic rings. The Morgan fingerprint density at radius 3 is 2.55 bits per heavy atom. The summed E-state index contributed by atoms with van der Waals surface area (Å²) in [5.41, 5.74) is 1.56. The van der Waals surface area contributed by atoms with E-state index in [0.717, 1.165) is 24.8 Å². The molecular formula is C23H28O6. The van der Waals surface area contributed by atoms with E-state index in [0.29, 0.717) is 17.5 Å². The fourth-order valence-corrected chi connectivity index (χ4v) is 5.26. The highest BCUT2D eigenvalue weighted by molar-refractivity contribution is 6.03. The number of ketones is 2. The van der Waals surface area contributed by atoms with Crippen LogP contribution in [0.3, 0.4) is 0 Å². The predicted octanol–water partition coefficient (Wildman–Crippen LogP) is 3.95. The van der Waals surface area contributed by atoms with Gasteiger partial charge in [-0.05, 0) is 42.7 Å². The van der Waals surface area contributed by atoms with Crippen molar-refractivity contribution in [2.75, 3.05) is 6.61 Å². The third kappa shape index (κ3) is 3.98. The number of esters is 1. The molecular weight excluding hydrogens is 372 g/mol. The molecule has 6 heteroatoms. The Labute approximate surface area is 170 Å². The van der Waals surface area contributed by atoms with Gasteiger partial charge in [0.25, 0.3) is 0 Å². The first-order valence-corrected chi connectivity index (χ1v) is 10.1. The maximum absolute atomic E-state index is 13.0. The number of Topliss-reactive ketones (excluding diaryl/α,β-unsaturated/α-hetero) is 2. The van der Waals surface area contributed by atoms with Gasteiger partial charge in [-0.25, -0.2) is 0 Å². The molecule has 3 atom stereocenters. The molecule has 2 aliphatic carbocycles. The first-order chi connectivity index (χ1) is 13.6. The summed E-state index contributed by atoms with van der Waals surface area (Å²) in [4.78, 5) is 47.3.